The van der Waals surface area contributed by atoms with E-state index in [0.29, 0.717) is 0 Å². The number of rotatable bonds is 4. The molecule has 3 rings (SSSR count). The topological polar surface area (TPSA) is 47.1 Å². The van der Waals surface area contributed by atoms with Crippen LogP contribution >= 0.6 is 0 Å². The van der Waals surface area contributed by atoms with E-state index in [0.717, 1.165) is 31.9 Å². The summed E-state index contributed by atoms with van der Waals surface area (Å²) in [4.78, 5) is 2.53. The number of likely N-dealkylation sites (tertiary alicyclic amines) is 1. The van der Waals surface area contributed by atoms with Crippen molar-refractivity contribution in [2.45, 2.75) is 53.0 Å². The van der Waals surface area contributed by atoms with Gasteiger partial charge in [-0.05, 0) is 44.0 Å². The predicted molar refractivity (Wildman–Crippen MR) is 104 cm³/mol. The van der Waals surface area contributed by atoms with E-state index in [2.05, 4.69) is 70.0 Å². The normalized spacial score (nSPS) is 21.8. The number of hydrogen-bond acceptors (Lipinski definition) is 3. The molecule has 0 saturated carbocycles. The summed E-state index contributed by atoms with van der Waals surface area (Å²) in [6.07, 6.45) is 3.39. The maximum atomic E-state index is 5.97. The molecule has 1 fully saturated rings. The molecular weight excluding hydrogens is 308 g/mol. The molecule has 1 aliphatic rings. The van der Waals surface area contributed by atoms with Gasteiger partial charge in [0.05, 0.1) is 11.4 Å². The molecule has 2 N–H and O–H groups in total. The lowest BCUT2D eigenvalue weighted by Gasteiger charge is -2.24. The predicted octanol–water partition coefficient (Wildman–Crippen LogP) is 3.65. The second kappa shape index (κ2) is 6.58. The molecule has 136 valence electrons. The number of aromatic nitrogens is 2. The summed E-state index contributed by atoms with van der Waals surface area (Å²) in [5.41, 5.74) is 11.2. The molecule has 25 heavy (non-hydrogen) atoms. The first kappa shape index (κ1) is 18.2. The zero-order valence-corrected chi connectivity index (χ0v) is 16.3. The van der Waals surface area contributed by atoms with Gasteiger partial charge in [-0.15, -0.1) is 0 Å². The summed E-state index contributed by atoms with van der Waals surface area (Å²) in [7, 11) is 0. The Bertz CT molecular complexity index is 723. The number of benzene rings is 1. The summed E-state index contributed by atoms with van der Waals surface area (Å²) in [5.74, 6) is 0. The van der Waals surface area contributed by atoms with E-state index in [1.54, 1.807) is 0 Å². The van der Waals surface area contributed by atoms with Crippen LogP contribution in [0.15, 0.2) is 30.5 Å². The minimum absolute atomic E-state index is 0.0299. The molecule has 2 heterocycles. The summed E-state index contributed by atoms with van der Waals surface area (Å²) in [6, 6.07) is 8.56. The lowest BCUT2D eigenvalue weighted by Crippen LogP contribution is -2.31. The molecule has 4 nitrogen and oxygen atoms in total. The number of aryl methyl sites for hydroxylation is 1. The van der Waals surface area contributed by atoms with Crippen LogP contribution in [0.5, 0.6) is 0 Å². The first-order valence-corrected chi connectivity index (χ1v) is 9.29. The van der Waals surface area contributed by atoms with Crippen LogP contribution in [0.3, 0.4) is 0 Å². The van der Waals surface area contributed by atoms with Crippen molar-refractivity contribution in [1.82, 2.24) is 14.7 Å². The molecule has 2 aromatic rings. The fourth-order valence-electron chi connectivity index (χ4n) is 3.66. The van der Waals surface area contributed by atoms with Gasteiger partial charge in [-0.1, -0.05) is 45.4 Å². The molecule has 1 aromatic carbocycles. The van der Waals surface area contributed by atoms with Gasteiger partial charge in [-0.3, -0.25) is 4.90 Å². The smallest absolute Gasteiger partial charge is 0.0727 e. The Kier molecular flexibility index (Phi) is 4.78. The molecule has 1 atom stereocenters. The van der Waals surface area contributed by atoms with Gasteiger partial charge in [0.15, 0.2) is 0 Å². The monoisotopic (exact) mass is 340 g/mol. The third kappa shape index (κ3) is 3.96. The highest BCUT2D eigenvalue weighted by Crippen LogP contribution is 2.32. The third-order valence-corrected chi connectivity index (χ3v) is 5.32. The van der Waals surface area contributed by atoms with Crippen LogP contribution in [0.2, 0.25) is 0 Å². The van der Waals surface area contributed by atoms with Crippen molar-refractivity contribution in [1.29, 1.82) is 0 Å². The molecule has 0 spiro atoms. The van der Waals surface area contributed by atoms with Crippen molar-refractivity contribution in [3.63, 3.8) is 0 Å². The first-order valence-electron chi connectivity index (χ1n) is 9.29. The Balaban J connectivity index is 1.89. The quantitative estimate of drug-likeness (QED) is 0.924. The Labute approximate surface area is 152 Å². The number of nitrogens with zero attached hydrogens (tertiary/aromatic N) is 3. The van der Waals surface area contributed by atoms with E-state index in [1.807, 2.05) is 4.68 Å². The van der Waals surface area contributed by atoms with E-state index in [-0.39, 0.29) is 10.8 Å². The second-order valence-corrected chi connectivity index (χ2v) is 9.01. The highest BCUT2D eigenvalue weighted by atomic mass is 15.3. The van der Waals surface area contributed by atoms with Crippen LogP contribution in [-0.2, 0) is 12.0 Å². The van der Waals surface area contributed by atoms with Gasteiger partial charge in [0, 0.05) is 30.3 Å². The molecule has 1 saturated heterocycles. The van der Waals surface area contributed by atoms with Crippen LogP contribution in [0.4, 0.5) is 0 Å². The second-order valence-electron chi connectivity index (χ2n) is 9.01. The van der Waals surface area contributed by atoms with Crippen molar-refractivity contribution < 1.29 is 0 Å². The molecule has 1 aliphatic heterocycles. The van der Waals surface area contributed by atoms with E-state index >= 15 is 0 Å². The van der Waals surface area contributed by atoms with Crippen LogP contribution in [-0.4, -0.2) is 34.3 Å². The highest BCUT2D eigenvalue weighted by Gasteiger charge is 2.33. The van der Waals surface area contributed by atoms with Gasteiger partial charge in [0.2, 0.25) is 0 Å². The summed E-state index contributed by atoms with van der Waals surface area (Å²) in [6.45, 7) is 15.0. The average Bonchev–Trinajstić information content (AvgIpc) is 3.13. The van der Waals surface area contributed by atoms with Crippen molar-refractivity contribution in [2.24, 2.45) is 11.1 Å². The first-order chi connectivity index (χ1) is 11.7. The van der Waals surface area contributed by atoms with Gasteiger partial charge in [-0.2, -0.15) is 5.10 Å². The van der Waals surface area contributed by atoms with Crippen molar-refractivity contribution >= 4 is 0 Å². The standard InChI is InChI=1S/C21H32N4/c1-16-6-8-18(9-7-16)25-13-17(19(23-25)20(2,3)4)12-24-11-10-21(5,14-22)15-24/h6-9,13H,10-12,14-15,22H2,1-5H3. The Morgan fingerprint density at radius 1 is 1.20 bits per heavy atom. The third-order valence-electron chi connectivity index (χ3n) is 5.32. The van der Waals surface area contributed by atoms with Gasteiger partial charge >= 0.3 is 0 Å². The zero-order chi connectivity index (χ0) is 18.2. The molecule has 0 aliphatic carbocycles. The fraction of sp³-hybridized carbons (Fsp3) is 0.571. The molecule has 4 heteroatoms. The van der Waals surface area contributed by atoms with Gasteiger partial charge < -0.3 is 5.73 Å². The minimum atomic E-state index is 0.0299. The Morgan fingerprint density at radius 3 is 2.44 bits per heavy atom. The number of hydrogen-bond donors (Lipinski definition) is 1. The summed E-state index contributed by atoms with van der Waals surface area (Å²) in [5, 5.41) is 4.95. The molecule has 0 bridgehead atoms. The summed E-state index contributed by atoms with van der Waals surface area (Å²) >= 11 is 0. The summed E-state index contributed by atoms with van der Waals surface area (Å²) < 4.78 is 2.04. The van der Waals surface area contributed by atoms with Crippen molar-refractivity contribution in [3.05, 3.63) is 47.3 Å². The molecule has 1 aromatic heterocycles. The largest absolute Gasteiger partial charge is 0.330 e. The molecule has 1 unspecified atom stereocenters. The maximum Gasteiger partial charge on any atom is 0.0727 e. The fourth-order valence-corrected chi connectivity index (χ4v) is 3.66. The molecular formula is C21H32N4. The SMILES string of the molecule is Cc1ccc(-n2cc(CN3CCC(C)(CN)C3)c(C(C)(C)C)n2)cc1. The lowest BCUT2D eigenvalue weighted by atomic mass is 9.89. The Morgan fingerprint density at radius 2 is 1.88 bits per heavy atom. The van der Waals surface area contributed by atoms with Crippen LogP contribution in [0.25, 0.3) is 5.69 Å². The molecule has 0 amide bonds. The van der Waals surface area contributed by atoms with E-state index < -0.39 is 0 Å². The van der Waals surface area contributed by atoms with E-state index in [4.69, 9.17) is 10.8 Å². The van der Waals surface area contributed by atoms with Gasteiger partial charge in [0.25, 0.3) is 0 Å². The van der Waals surface area contributed by atoms with Crippen molar-refractivity contribution in [2.75, 3.05) is 19.6 Å². The van der Waals surface area contributed by atoms with E-state index in [9.17, 15) is 0 Å². The van der Waals surface area contributed by atoms with Crippen LogP contribution in [0.1, 0.15) is 50.9 Å². The van der Waals surface area contributed by atoms with Gasteiger partial charge in [0.1, 0.15) is 0 Å². The highest BCUT2D eigenvalue weighted by molar-refractivity contribution is 5.36. The average molecular weight is 341 g/mol. The lowest BCUT2D eigenvalue weighted by molar-refractivity contribution is 0.273. The zero-order valence-electron chi connectivity index (χ0n) is 16.3. The van der Waals surface area contributed by atoms with Gasteiger partial charge in [-0.25, -0.2) is 4.68 Å². The minimum Gasteiger partial charge on any atom is -0.330 e. The van der Waals surface area contributed by atoms with E-state index in [1.165, 1.54) is 23.2 Å². The molecule has 0 radical (unpaired) electrons. The Hall–Kier alpha value is -1.65. The van der Waals surface area contributed by atoms with Crippen LogP contribution in [0, 0.1) is 12.3 Å². The maximum absolute atomic E-state index is 5.97. The number of nitrogens with two attached hydrogens (primary N) is 1. The van der Waals surface area contributed by atoms with Crippen molar-refractivity contribution in [3.8, 4) is 5.69 Å². The van der Waals surface area contributed by atoms with Crippen LogP contribution < -0.4 is 5.73 Å².